The first kappa shape index (κ1) is 15.5. The Labute approximate surface area is 124 Å². The molecule has 0 heterocycles. The van der Waals surface area contributed by atoms with Crippen molar-refractivity contribution in [3.63, 3.8) is 0 Å². The fourth-order valence-corrected chi connectivity index (χ4v) is 2.52. The number of hydrogen-bond acceptors (Lipinski definition) is 4. The zero-order chi connectivity index (χ0) is 15.5. The van der Waals surface area contributed by atoms with Gasteiger partial charge in [0.05, 0.1) is 4.90 Å². The molecule has 0 spiro atoms. The Bertz CT molecular complexity index is 725. The van der Waals surface area contributed by atoms with Gasteiger partial charge in [0.25, 0.3) is 0 Å². The molecule has 0 amide bonds. The highest BCUT2D eigenvalue weighted by molar-refractivity contribution is 7.89. The topological polar surface area (TPSA) is 92.4 Å². The lowest BCUT2D eigenvalue weighted by Crippen LogP contribution is -2.14. The summed E-state index contributed by atoms with van der Waals surface area (Å²) in [6.07, 6.45) is 0. The summed E-state index contributed by atoms with van der Waals surface area (Å²) in [6.45, 7) is 2.95. The molecule has 0 unspecified atom stereocenters. The number of aryl methyl sites for hydroxylation is 1. The van der Waals surface area contributed by atoms with E-state index in [2.05, 4.69) is 5.32 Å². The number of aromatic hydroxyl groups is 1. The largest absolute Gasteiger partial charge is 0.507 e. The molecule has 0 aliphatic heterocycles. The second kappa shape index (κ2) is 6.26. The van der Waals surface area contributed by atoms with Crippen molar-refractivity contribution in [1.29, 1.82) is 0 Å². The van der Waals surface area contributed by atoms with Crippen LogP contribution < -0.4 is 10.5 Å². The van der Waals surface area contributed by atoms with E-state index in [9.17, 15) is 13.5 Å². The molecule has 4 N–H and O–H groups in total. The van der Waals surface area contributed by atoms with Crippen molar-refractivity contribution in [1.82, 2.24) is 5.32 Å². The summed E-state index contributed by atoms with van der Waals surface area (Å²) < 4.78 is 22.3. The first-order chi connectivity index (χ1) is 9.88. The fourth-order valence-electron chi connectivity index (χ4n) is 2.00. The maximum absolute atomic E-state index is 11.1. The predicted octanol–water partition coefficient (Wildman–Crippen LogP) is 1.64. The van der Waals surface area contributed by atoms with Crippen LogP contribution in [0.3, 0.4) is 0 Å². The van der Waals surface area contributed by atoms with Crippen molar-refractivity contribution in [2.24, 2.45) is 5.14 Å². The predicted molar refractivity (Wildman–Crippen MR) is 81.2 cm³/mol. The van der Waals surface area contributed by atoms with Gasteiger partial charge in [-0.25, -0.2) is 13.6 Å². The molecule has 2 rings (SSSR count). The summed E-state index contributed by atoms with van der Waals surface area (Å²) in [5, 5.41) is 18.1. The lowest BCUT2D eigenvalue weighted by atomic mass is 10.1. The molecule has 2 aromatic rings. The zero-order valence-electron chi connectivity index (χ0n) is 11.7. The maximum Gasteiger partial charge on any atom is 0.238 e. The van der Waals surface area contributed by atoms with E-state index in [1.807, 2.05) is 25.1 Å². The number of nitrogens with one attached hydrogen (secondary N) is 1. The number of rotatable bonds is 5. The van der Waals surface area contributed by atoms with Crippen LogP contribution >= 0.6 is 0 Å². The lowest BCUT2D eigenvalue weighted by Gasteiger charge is -2.09. The van der Waals surface area contributed by atoms with Gasteiger partial charge in [0.15, 0.2) is 0 Å². The van der Waals surface area contributed by atoms with Gasteiger partial charge in [-0.1, -0.05) is 30.3 Å². The molecule has 2 aromatic carbocycles. The molecule has 0 aliphatic rings. The fraction of sp³-hybridized carbons (Fsp3) is 0.200. The van der Waals surface area contributed by atoms with Gasteiger partial charge in [0.1, 0.15) is 5.75 Å². The van der Waals surface area contributed by atoms with Crippen molar-refractivity contribution >= 4 is 10.0 Å². The third-order valence-corrected chi connectivity index (χ3v) is 4.15. The molecule has 0 radical (unpaired) electrons. The average molecular weight is 306 g/mol. The number of hydrogen-bond donors (Lipinski definition) is 3. The maximum atomic E-state index is 11.1. The van der Waals surface area contributed by atoms with Crippen molar-refractivity contribution in [3.05, 3.63) is 59.2 Å². The first-order valence-electron chi connectivity index (χ1n) is 6.48. The van der Waals surface area contributed by atoms with Crippen molar-refractivity contribution in [2.45, 2.75) is 24.9 Å². The van der Waals surface area contributed by atoms with Gasteiger partial charge < -0.3 is 10.4 Å². The van der Waals surface area contributed by atoms with E-state index >= 15 is 0 Å². The summed E-state index contributed by atoms with van der Waals surface area (Å²) >= 11 is 0. The van der Waals surface area contributed by atoms with E-state index in [0.717, 1.165) is 16.7 Å². The van der Waals surface area contributed by atoms with Crippen LogP contribution in [0.25, 0.3) is 0 Å². The summed E-state index contributed by atoms with van der Waals surface area (Å²) in [5.41, 5.74) is 2.61. The quantitative estimate of drug-likeness (QED) is 0.783. The molecule has 0 saturated carbocycles. The van der Waals surface area contributed by atoms with Crippen LogP contribution in [0, 0.1) is 6.92 Å². The minimum absolute atomic E-state index is 0.0996. The first-order valence-corrected chi connectivity index (χ1v) is 8.02. The standard InChI is InChI=1S/C15H18N2O3S/c1-11-3-2-4-13(15(11)18)10-17-9-12-5-7-14(8-6-12)21(16,19)20/h2-8,17-18H,9-10H2,1H3,(H2,16,19,20). The van der Waals surface area contributed by atoms with Gasteiger partial charge in [-0.3, -0.25) is 0 Å². The third-order valence-electron chi connectivity index (χ3n) is 3.22. The second-order valence-electron chi connectivity index (χ2n) is 4.88. The smallest absolute Gasteiger partial charge is 0.238 e. The van der Waals surface area contributed by atoms with E-state index in [1.54, 1.807) is 12.1 Å². The summed E-state index contributed by atoms with van der Waals surface area (Å²) in [7, 11) is -3.65. The van der Waals surface area contributed by atoms with E-state index < -0.39 is 10.0 Å². The monoisotopic (exact) mass is 306 g/mol. The molecular weight excluding hydrogens is 288 g/mol. The van der Waals surface area contributed by atoms with Crippen LogP contribution in [0.15, 0.2) is 47.4 Å². The highest BCUT2D eigenvalue weighted by atomic mass is 32.2. The highest BCUT2D eigenvalue weighted by Crippen LogP contribution is 2.21. The molecule has 21 heavy (non-hydrogen) atoms. The van der Waals surface area contributed by atoms with Gasteiger partial charge in [0, 0.05) is 18.7 Å². The number of sulfonamides is 1. The molecular formula is C15H18N2O3S. The Balaban J connectivity index is 1.96. The molecule has 0 aromatic heterocycles. The number of phenolic OH excluding ortho intramolecular Hbond substituents is 1. The van der Waals surface area contributed by atoms with E-state index in [-0.39, 0.29) is 4.90 Å². The summed E-state index contributed by atoms with van der Waals surface area (Å²) in [5.74, 6) is 0.301. The Kier molecular flexibility index (Phi) is 4.62. The number of nitrogens with two attached hydrogens (primary N) is 1. The van der Waals surface area contributed by atoms with Crippen LogP contribution in [-0.4, -0.2) is 13.5 Å². The van der Waals surface area contributed by atoms with Crippen molar-refractivity contribution < 1.29 is 13.5 Å². The van der Waals surface area contributed by atoms with E-state index in [0.29, 0.717) is 18.8 Å². The molecule has 5 nitrogen and oxygen atoms in total. The van der Waals surface area contributed by atoms with Crippen molar-refractivity contribution in [2.75, 3.05) is 0 Å². The Morgan fingerprint density at radius 1 is 1.10 bits per heavy atom. The Morgan fingerprint density at radius 2 is 1.76 bits per heavy atom. The molecule has 0 bridgehead atoms. The minimum Gasteiger partial charge on any atom is -0.507 e. The van der Waals surface area contributed by atoms with E-state index in [1.165, 1.54) is 12.1 Å². The zero-order valence-corrected chi connectivity index (χ0v) is 12.5. The number of primary sulfonamides is 1. The van der Waals surface area contributed by atoms with Crippen LogP contribution in [0.4, 0.5) is 0 Å². The normalized spacial score (nSPS) is 11.5. The average Bonchev–Trinajstić information content (AvgIpc) is 2.43. The van der Waals surface area contributed by atoms with Crippen LogP contribution in [0.1, 0.15) is 16.7 Å². The molecule has 0 fully saturated rings. The second-order valence-corrected chi connectivity index (χ2v) is 6.44. The van der Waals surface area contributed by atoms with E-state index in [4.69, 9.17) is 5.14 Å². The highest BCUT2D eigenvalue weighted by Gasteiger charge is 2.07. The van der Waals surface area contributed by atoms with Crippen LogP contribution in [0.2, 0.25) is 0 Å². The number of phenols is 1. The lowest BCUT2D eigenvalue weighted by molar-refractivity contribution is 0.460. The van der Waals surface area contributed by atoms with Gasteiger partial charge >= 0.3 is 0 Å². The SMILES string of the molecule is Cc1cccc(CNCc2ccc(S(N)(=O)=O)cc2)c1O. The number of benzene rings is 2. The van der Waals surface area contributed by atoms with Gasteiger partial charge in [-0.05, 0) is 30.2 Å². The molecule has 112 valence electrons. The van der Waals surface area contributed by atoms with Gasteiger partial charge in [0.2, 0.25) is 10.0 Å². The Hall–Kier alpha value is -1.89. The van der Waals surface area contributed by atoms with Crippen LogP contribution in [0.5, 0.6) is 5.75 Å². The summed E-state index contributed by atoms with van der Waals surface area (Å²) in [6, 6.07) is 12.0. The molecule has 0 atom stereocenters. The van der Waals surface area contributed by atoms with Crippen molar-refractivity contribution in [3.8, 4) is 5.75 Å². The molecule has 0 aliphatic carbocycles. The van der Waals surface area contributed by atoms with Gasteiger partial charge in [-0.15, -0.1) is 0 Å². The minimum atomic E-state index is -3.65. The molecule has 0 saturated heterocycles. The molecule has 6 heteroatoms. The number of para-hydroxylation sites is 1. The summed E-state index contributed by atoms with van der Waals surface area (Å²) in [4.78, 5) is 0.0996. The van der Waals surface area contributed by atoms with Crippen LogP contribution in [-0.2, 0) is 23.1 Å². The third kappa shape index (κ3) is 4.04. The Morgan fingerprint density at radius 3 is 2.38 bits per heavy atom. The van der Waals surface area contributed by atoms with Gasteiger partial charge in [-0.2, -0.15) is 0 Å².